The number of nitrogens with one attached hydrogen (secondary N) is 1. The monoisotopic (exact) mass is 322 g/mol. The maximum absolute atomic E-state index is 12.0. The van der Waals surface area contributed by atoms with E-state index >= 15 is 0 Å². The van der Waals surface area contributed by atoms with Crippen LogP contribution in [0.1, 0.15) is 45.1 Å². The normalized spacial score (nSPS) is 16.0. The number of aryl methyl sites for hydroxylation is 1. The predicted molar refractivity (Wildman–Crippen MR) is 92.3 cm³/mol. The summed E-state index contributed by atoms with van der Waals surface area (Å²) in [4.78, 5) is 14.5. The van der Waals surface area contributed by atoms with Crippen LogP contribution >= 0.6 is 11.6 Å². The van der Waals surface area contributed by atoms with Crippen molar-refractivity contribution in [1.29, 1.82) is 0 Å². The fourth-order valence-electron chi connectivity index (χ4n) is 2.98. The van der Waals surface area contributed by atoms with Gasteiger partial charge in [-0.3, -0.25) is 9.69 Å². The van der Waals surface area contributed by atoms with Gasteiger partial charge in [0.2, 0.25) is 5.91 Å². The molecule has 0 aliphatic carbocycles. The Bertz CT molecular complexity index is 496. The number of hydrogen-bond donors (Lipinski definition) is 1. The fourth-order valence-corrected chi connectivity index (χ4v) is 3.21. The summed E-state index contributed by atoms with van der Waals surface area (Å²) in [6.45, 7) is 7.44. The second-order valence-electron chi connectivity index (χ2n) is 6.73. The molecule has 1 saturated heterocycles. The van der Waals surface area contributed by atoms with E-state index in [9.17, 15) is 4.79 Å². The topological polar surface area (TPSA) is 32.3 Å². The van der Waals surface area contributed by atoms with E-state index in [4.69, 9.17) is 11.6 Å². The van der Waals surface area contributed by atoms with Crippen molar-refractivity contribution in [3.63, 3.8) is 0 Å². The number of benzene rings is 1. The van der Waals surface area contributed by atoms with Crippen LogP contribution in [0.2, 0.25) is 5.02 Å². The van der Waals surface area contributed by atoms with Crippen LogP contribution in [-0.4, -0.2) is 36.0 Å². The first-order valence-corrected chi connectivity index (χ1v) is 8.62. The Labute approximate surface area is 139 Å². The van der Waals surface area contributed by atoms with Crippen molar-refractivity contribution in [2.45, 2.75) is 51.5 Å². The van der Waals surface area contributed by atoms with Crippen molar-refractivity contribution in [2.75, 3.05) is 19.6 Å². The summed E-state index contributed by atoms with van der Waals surface area (Å²) in [5.74, 6) is 0.138. The molecule has 4 heteroatoms. The van der Waals surface area contributed by atoms with E-state index in [0.29, 0.717) is 6.42 Å². The second kappa shape index (κ2) is 7.98. The number of halogens is 1. The van der Waals surface area contributed by atoms with Gasteiger partial charge in [-0.2, -0.15) is 0 Å². The third-order valence-electron chi connectivity index (χ3n) is 4.49. The Balaban J connectivity index is 1.68. The van der Waals surface area contributed by atoms with Crippen LogP contribution in [0, 0.1) is 0 Å². The first-order chi connectivity index (χ1) is 10.5. The molecule has 1 amide bonds. The largest absolute Gasteiger partial charge is 0.354 e. The zero-order valence-corrected chi connectivity index (χ0v) is 14.5. The molecular formula is C18H27ClN2O. The van der Waals surface area contributed by atoms with Crippen LogP contribution in [-0.2, 0) is 11.2 Å². The van der Waals surface area contributed by atoms with Gasteiger partial charge in [0.15, 0.2) is 0 Å². The minimum Gasteiger partial charge on any atom is -0.354 e. The van der Waals surface area contributed by atoms with E-state index in [1.165, 1.54) is 12.8 Å². The lowest BCUT2D eigenvalue weighted by molar-refractivity contribution is -0.121. The summed E-state index contributed by atoms with van der Waals surface area (Å²) >= 11 is 6.13. The van der Waals surface area contributed by atoms with Crippen LogP contribution in [0.25, 0.3) is 0 Å². The Kier molecular flexibility index (Phi) is 6.27. The van der Waals surface area contributed by atoms with E-state index in [2.05, 4.69) is 24.1 Å². The summed E-state index contributed by atoms with van der Waals surface area (Å²) in [6.07, 6.45) is 4.79. The zero-order valence-electron chi connectivity index (χ0n) is 13.7. The third-order valence-corrected chi connectivity index (χ3v) is 4.86. The van der Waals surface area contributed by atoms with Crippen molar-refractivity contribution in [2.24, 2.45) is 0 Å². The number of nitrogens with zero attached hydrogens (tertiary/aromatic N) is 1. The average molecular weight is 323 g/mol. The van der Waals surface area contributed by atoms with Crippen molar-refractivity contribution >= 4 is 17.5 Å². The van der Waals surface area contributed by atoms with Gasteiger partial charge in [0.1, 0.15) is 0 Å². The Morgan fingerprint density at radius 1 is 1.27 bits per heavy atom. The van der Waals surface area contributed by atoms with Gasteiger partial charge in [0.05, 0.1) is 0 Å². The van der Waals surface area contributed by atoms with Crippen LogP contribution < -0.4 is 5.32 Å². The Morgan fingerprint density at radius 2 is 1.95 bits per heavy atom. The molecule has 1 aliphatic heterocycles. The molecule has 1 aliphatic rings. The summed E-state index contributed by atoms with van der Waals surface area (Å²) < 4.78 is 0. The van der Waals surface area contributed by atoms with Gasteiger partial charge in [-0.05, 0) is 64.3 Å². The molecule has 0 saturated carbocycles. The summed E-state index contributed by atoms with van der Waals surface area (Å²) in [5.41, 5.74) is 1.17. The maximum Gasteiger partial charge on any atom is 0.220 e. The van der Waals surface area contributed by atoms with Gasteiger partial charge >= 0.3 is 0 Å². The maximum atomic E-state index is 12.0. The molecule has 1 N–H and O–H groups in total. The van der Waals surface area contributed by atoms with Crippen molar-refractivity contribution in [1.82, 2.24) is 10.2 Å². The molecule has 1 heterocycles. The fraction of sp³-hybridized carbons (Fsp3) is 0.611. The van der Waals surface area contributed by atoms with Gasteiger partial charge in [-0.25, -0.2) is 0 Å². The van der Waals surface area contributed by atoms with Gasteiger partial charge in [-0.15, -0.1) is 0 Å². The molecule has 1 aromatic rings. The van der Waals surface area contributed by atoms with Gasteiger partial charge in [0.25, 0.3) is 0 Å². The van der Waals surface area contributed by atoms with E-state index in [-0.39, 0.29) is 11.4 Å². The average Bonchev–Trinajstić information content (AvgIpc) is 3.02. The molecule has 22 heavy (non-hydrogen) atoms. The molecule has 1 fully saturated rings. The zero-order chi connectivity index (χ0) is 16.0. The molecule has 0 bridgehead atoms. The van der Waals surface area contributed by atoms with Crippen LogP contribution in [0.3, 0.4) is 0 Å². The first kappa shape index (κ1) is 17.3. The molecule has 0 unspecified atom stereocenters. The molecule has 0 atom stereocenters. The van der Waals surface area contributed by atoms with E-state index in [0.717, 1.165) is 43.1 Å². The van der Waals surface area contributed by atoms with Crippen molar-refractivity contribution < 1.29 is 4.79 Å². The SMILES string of the molecule is CC(C)(CNC(=O)CCCc1ccccc1Cl)N1CCCC1. The molecule has 122 valence electrons. The lowest BCUT2D eigenvalue weighted by atomic mass is 10.0. The number of hydrogen-bond acceptors (Lipinski definition) is 2. The molecule has 0 spiro atoms. The number of likely N-dealkylation sites (tertiary alicyclic amines) is 1. The highest BCUT2D eigenvalue weighted by molar-refractivity contribution is 6.31. The van der Waals surface area contributed by atoms with Gasteiger partial charge in [0, 0.05) is 23.5 Å². The second-order valence-corrected chi connectivity index (χ2v) is 7.14. The summed E-state index contributed by atoms with van der Waals surface area (Å²) in [5, 5.41) is 3.88. The highest BCUT2D eigenvalue weighted by atomic mass is 35.5. The number of rotatable bonds is 7. The highest BCUT2D eigenvalue weighted by Gasteiger charge is 2.29. The van der Waals surface area contributed by atoms with Crippen molar-refractivity contribution in [3.05, 3.63) is 34.9 Å². The Hall–Kier alpha value is -1.06. The number of carbonyl (C=O) groups excluding carboxylic acids is 1. The lowest BCUT2D eigenvalue weighted by Gasteiger charge is -2.35. The molecule has 0 aromatic heterocycles. The number of amides is 1. The molecule has 2 rings (SSSR count). The third kappa shape index (κ3) is 4.99. The summed E-state index contributed by atoms with van der Waals surface area (Å²) in [7, 11) is 0. The van der Waals surface area contributed by atoms with Crippen LogP contribution in [0.4, 0.5) is 0 Å². The lowest BCUT2D eigenvalue weighted by Crippen LogP contribution is -2.50. The van der Waals surface area contributed by atoms with Gasteiger partial charge in [-0.1, -0.05) is 29.8 Å². The first-order valence-electron chi connectivity index (χ1n) is 8.24. The van der Waals surface area contributed by atoms with Crippen LogP contribution in [0.15, 0.2) is 24.3 Å². The van der Waals surface area contributed by atoms with E-state index in [1.807, 2.05) is 24.3 Å². The Morgan fingerprint density at radius 3 is 2.64 bits per heavy atom. The quantitative estimate of drug-likeness (QED) is 0.831. The molecular weight excluding hydrogens is 296 g/mol. The smallest absolute Gasteiger partial charge is 0.220 e. The van der Waals surface area contributed by atoms with Crippen molar-refractivity contribution in [3.8, 4) is 0 Å². The van der Waals surface area contributed by atoms with E-state index < -0.39 is 0 Å². The van der Waals surface area contributed by atoms with Gasteiger partial charge < -0.3 is 5.32 Å². The predicted octanol–water partition coefficient (Wildman–Crippen LogP) is 3.65. The highest BCUT2D eigenvalue weighted by Crippen LogP contribution is 2.20. The van der Waals surface area contributed by atoms with E-state index in [1.54, 1.807) is 0 Å². The number of carbonyl (C=O) groups is 1. The minimum absolute atomic E-state index is 0.0505. The summed E-state index contributed by atoms with van der Waals surface area (Å²) in [6, 6.07) is 7.84. The minimum atomic E-state index is 0.0505. The standard InChI is InChI=1S/C18H27ClN2O/c1-18(2,21-12-5-6-13-21)14-20-17(22)11-7-9-15-8-3-4-10-16(15)19/h3-4,8,10H,5-7,9,11-14H2,1-2H3,(H,20,22). The molecule has 1 aromatic carbocycles. The molecule has 3 nitrogen and oxygen atoms in total. The molecule has 0 radical (unpaired) electrons. The van der Waals surface area contributed by atoms with Crippen LogP contribution in [0.5, 0.6) is 0 Å².